The number of nitriles is 1. The van der Waals surface area contributed by atoms with Crippen LogP contribution in [0.4, 0.5) is 0 Å². The van der Waals surface area contributed by atoms with E-state index in [9.17, 15) is 9.90 Å². The first-order chi connectivity index (χ1) is 14.5. The molecule has 0 saturated carbocycles. The van der Waals surface area contributed by atoms with Crippen molar-refractivity contribution in [3.63, 3.8) is 0 Å². The van der Waals surface area contributed by atoms with Crippen molar-refractivity contribution in [2.75, 3.05) is 0 Å². The number of rotatable bonds is 4. The number of carbonyl (C=O) groups is 1. The Morgan fingerprint density at radius 2 is 1.77 bits per heavy atom. The smallest absolute Gasteiger partial charge is 0.336 e. The molecule has 0 saturated heterocycles. The number of hydrogen-bond donors (Lipinski definition) is 1. The molecule has 0 radical (unpaired) electrons. The van der Waals surface area contributed by atoms with Gasteiger partial charge in [-0.15, -0.1) is 11.3 Å². The normalized spacial score (nSPS) is 10.6. The van der Waals surface area contributed by atoms with Crippen molar-refractivity contribution in [3.8, 4) is 39.2 Å². The molecule has 0 atom stereocenters. The number of benzene rings is 2. The maximum absolute atomic E-state index is 11.9. The summed E-state index contributed by atoms with van der Waals surface area (Å²) in [6.45, 7) is 0. The number of carboxylic acid groups (broad SMARTS) is 1. The van der Waals surface area contributed by atoms with Crippen LogP contribution >= 0.6 is 34.5 Å². The number of carboxylic acids is 1. The van der Waals surface area contributed by atoms with E-state index in [2.05, 4.69) is 9.97 Å². The van der Waals surface area contributed by atoms with Crippen LogP contribution in [0.5, 0.6) is 0 Å². The highest BCUT2D eigenvalue weighted by atomic mass is 35.5. The lowest BCUT2D eigenvalue weighted by atomic mass is 10.0. The Hall–Kier alpha value is -3.24. The molecule has 0 fully saturated rings. The molecular weight excluding hydrogens is 441 g/mol. The van der Waals surface area contributed by atoms with Gasteiger partial charge < -0.3 is 5.11 Å². The van der Waals surface area contributed by atoms with Crippen LogP contribution in [-0.2, 0) is 0 Å². The van der Waals surface area contributed by atoms with Crippen LogP contribution in [0.1, 0.15) is 16.1 Å². The maximum Gasteiger partial charge on any atom is 0.336 e. The molecule has 30 heavy (non-hydrogen) atoms. The van der Waals surface area contributed by atoms with Gasteiger partial charge in [0.1, 0.15) is 16.8 Å². The van der Waals surface area contributed by atoms with E-state index in [4.69, 9.17) is 28.5 Å². The van der Waals surface area contributed by atoms with Gasteiger partial charge in [0.05, 0.1) is 27.0 Å². The van der Waals surface area contributed by atoms with E-state index in [1.54, 1.807) is 48.5 Å². The zero-order chi connectivity index (χ0) is 21.3. The minimum atomic E-state index is -1.09. The predicted octanol–water partition coefficient (Wildman–Crippen LogP) is 6.42. The molecule has 0 unspecified atom stereocenters. The van der Waals surface area contributed by atoms with Crippen LogP contribution in [0.15, 0.2) is 60.0 Å². The Morgan fingerprint density at radius 3 is 2.50 bits per heavy atom. The molecule has 0 amide bonds. The Balaban J connectivity index is 1.75. The average Bonchev–Trinajstić information content (AvgIpc) is 3.25. The highest BCUT2D eigenvalue weighted by molar-refractivity contribution is 7.13. The second-order valence-electron chi connectivity index (χ2n) is 6.25. The van der Waals surface area contributed by atoms with E-state index < -0.39 is 5.97 Å². The van der Waals surface area contributed by atoms with E-state index in [0.29, 0.717) is 31.9 Å². The van der Waals surface area contributed by atoms with Crippen molar-refractivity contribution in [1.82, 2.24) is 9.97 Å². The van der Waals surface area contributed by atoms with E-state index >= 15 is 0 Å². The molecule has 5 nitrogen and oxygen atoms in total. The quantitative estimate of drug-likeness (QED) is 0.386. The molecule has 4 aromatic rings. The summed E-state index contributed by atoms with van der Waals surface area (Å²) in [6.07, 6.45) is 0. The van der Waals surface area contributed by atoms with Crippen molar-refractivity contribution in [3.05, 3.63) is 81.3 Å². The van der Waals surface area contributed by atoms with E-state index in [-0.39, 0.29) is 11.3 Å². The fourth-order valence-corrected chi connectivity index (χ4v) is 4.04. The Labute approximate surface area is 185 Å². The number of pyridine rings is 1. The van der Waals surface area contributed by atoms with Gasteiger partial charge in [-0.1, -0.05) is 47.5 Å². The third-order valence-electron chi connectivity index (χ3n) is 4.36. The molecule has 0 spiro atoms. The molecule has 8 heteroatoms. The Morgan fingerprint density at radius 1 is 0.967 bits per heavy atom. The van der Waals surface area contributed by atoms with Crippen molar-refractivity contribution >= 4 is 40.5 Å². The van der Waals surface area contributed by atoms with Gasteiger partial charge in [-0.25, -0.2) is 14.8 Å². The van der Waals surface area contributed by atoms with Crippen LogP contribution in [0.3, 0.4) is 0 Å². The molecular formula is C22H11Cl2N3O2S. The lowest BCUT2D eigenvalue weighted by Crippen LogP contribution is -2.01. The number of aromatic nitrogens is 2. The summed E-state index contributed by atoms with van der Waals surface area (Å²) in [6, 6.07) is 17.2. The van der Waals surface area contributed by atoms with Crippen LogP contribution in [-0.4, -0.2) is 21.0 Å². The largest absolute Gasteiger partial charge is 0.478 e. The van der Waals surface area contributed by atoms with E-state index in [1.165, 1.54) is 11.3 Å². The number of halogens is 2. The van der Waals surface area contributed by atoms with Crippen LogP contribution < -0.4 is 0 Å². The highest BCUT2D eigenvalue weighted by Crippen LogP contribution is 2.34. The maximum atomic E-state index is 11.9. The van der Waals surface area contributed by atoms with Gasteiger partial charge in [0, 0.05) is 22.1 Å². The molecule has 4 rings (SSSR count). The van der Waals surface area contributed by atoms with Gasteiger partial charge in [0.25, 0.3) is 0 Å². The first-order valence-electron chi connectivity index (χ1n) is 8.62. The highest BCUT2D eigenvalue weighted by Gasteiger charge is 2.16. The van der Waals surface area contributed by atoms with Gasteiger partial charge in [-0.3, -0.25) is 0 Å². The van der Waals surface area contributed by atoms with Gasteiger partial charge >= 0.3 is 5.97 Å². The molecule has 2 aromatic heterocycles. The number of aromatic carboxylic acids is 1. The summed E-state index contributed by atoms with van der Waals surface area (Å²) < 4.78 is 0. The lowest BCUT2D eigenvalue weighted by Gasteiger charge is -2.08. The summed E-state index contributed by atoms with van der Waals surface area (Å²) in [5, 5.41) is 22.2. The topological polar surface area (TPSA) is 86.9 Å². The summed E-state index contributed by atoms with van der Waals surface area (Å²) in [4.78, 5) is 20.7. The van der Waals surface area contributed by atoms with Crippen LogP contribution in [0.25, 0.3) is 33.1 Å². The first-order valence-corrected chi connectivity index (χ1v) is 10.3. The van der Waals surface area contributed by atoms with Crippen molar-refractivity contribution in [1.29, 1.82) is 5.26 Å². The number of hydrogen-bond acceptors (Lipinski definition) is 5. The minimum Gasteiger partial charge on any atom is -0.478 e. The fourth-order valence-electron chi connectivity index (χ4n) is 2.92. The molecule has 2 aromatic carbocycles. The SMILES string of the molecule is N#Cc1cccc(-c2ccc(-c3nc(-c4ccc(Cl)c(Cl)c4)cs3)cc2C(=O)O)n1. The molecule has 0 aliphatic carbocycles. The lowest BCUT2D eigenvalue weighted by molar-refractivity contribution is 0.0697. The third kappa shape index (κ3) is 3.91. The van der Waals surface area contributed by atoms with Crippen LogP contribution in [0.2, 0.25) is 10.0 Å². The van der Waals surface area contributed by atoms with Gasteiger partial charge in [0.2, 0.25) is 0 Å². The molecule has 0 bridgehead atoms. The van der Waals surface area contributed by atoms with Crippen LogP contribution in [0, 0.1) is 11.3 Å². The fraction of sp³-hybridized carbons (Fsp3) is 0. The van der Waals surface area contributed by atoms with E-state index in [0.717, 1.165) is 11.3 Å². The molecule has 2 heterocycles. The molecule has 146 valence electrons. The van der Waals surface area contributed by atoms with Gasteiger partial charge in [0.15, 0.2) is 0 Å². The van der Waals surface area contributed by atoms with Crippen molar-refractivity contribution < 1.29 is 9.90 Å². The molecule has 0 aliphatic rings. The van der Waals surface area contributed by atoms with Gasteiger partial charge in [-0.05, 0) is 30.3 Å². The summed E-state index contributed by atoms with van der Waals surface area (Å²) in [5.41, 5.74) is 3.38. The average molecular weight is 452 g/mol. The van der Waals surface area contributed by atoms with E-state index in [1.807, 2.05) is 17.5 Å². The number of nitrogens with zero attached hydrogens (tertiary/aromatic N) is 3. The summed E-state index contributed by atoms with van der Waals surface area (Å²) in [7, 11) is 0. The Kier molecular flexibility index (Phi) is 5.51. The van der Waals surface area contributed by atoms with Crippen molar-refractivity contribution in [2.45, 2.75) is 0 Å². The second-order valence-corrected chi connectivity index (χ2v) is 7.92. The standard InChI is InChI=1S/C22H11Cl2N3O2S/c23-17-7-5-12(9-18(17)24)20-11-30-21(27-20)13-4-6-15(16(8-13)22(28)29)19-3-1-2-14(10-25)26-19/h1-9,11H,(H,28,29). The zero-order valence-electron chi connectivity index (χ0n) is 15.1. The first kappa shape index (κ1) is 20.0. The third-order valence-corrected chi connectivity index (χ3v) is 5.99. The summed E-state index contributed by atoms with van der Waals surface area (Å²) >= 11 is 13.5. The second kappa shape index (κ2) is 8.25. The van der Waals surface area contributed by atoms with Crippen molar-refractivity contribution in [2.24, 2.45) is 0 Å². The number of thiazole rings is 1. The van der Waals surface area contributed by atoms with Gasteiger partial charge in [-0.2, -0.15) is 5.26 Å². The Bertz CT molecular complexity index is 1330. The molecule has 1 N–H and O–H groups in total. The zero-order valence-corrected chi connectivity index (χ0v) is 17.5. The monoisotopic (exact) mass is 451 g/mol. The minimum absolute atomic E-state index is 0.0846. The summed E-state index contributed by atoms with van der Waals surface area (Å²) in [5.74, 6) is -1.09. The molecule has 0 aliphatic heterocycles. The predicted molar refractivity (Wildman–Crippen MR) is 118 cm³/mol.